The molecule has 0 atom stereocenters. The zero-order chi connectivity index (χ0) is 12.3. The van der Waals surface area contributed by atoms with Crippen molar-refractivity contribution >= 4 is 21.9 Å². The second-order valence-electron chi connectivity index (χ2n) is 2.34. The van der Waals surface area contributed by atoms with Crippen molar-refractivity contribution in [3.05, 3.63) is 34.9 Å². The number of methoxy groups -OCH3 is 1. The third-order valence-electron chi connectivity index (χ3n) is 1.29. The van der Waals surface area contributed by atoms with Crippen molar-refractivity contribution in [1.82, 2.24) is 0 Å². The molecule has 0 saturated carbocycles. The maximum absolute atomic E-state index is 11.1. The van der Waals surface area contributed by atoms with E-state index in [0.717, 1.165) is 10.9 Å². The van der Waals surface area contributed by atoms with Crippen LogP contribution < -0.4 is 0 Å². The molecule has 0 unspecified atom stereocenters. The zero-order valence-corrected chi connectivity index (χ0v) is 11.4. The molecule has 0 aromatic carbocycles. The molecule has 0 N–H and O–H groups in total. The van der Waals surface area contributed by atoms with Crippen molar-refractivity contribution in [3.8, 4) is 0 Å². The monoisotopic (exact) mass is 274 g/mol. The first kappa shape index (κ1) is 16.6. The number of carbonyl (C=O) groups excluding carboxylic acids is 1. The van der Waals surface area contributed by atoms with Crippen LogP contribution >= 0.6 is 15.9 Å². The fourth-order valence-electron chi connectivity index (χ4n) is 0.737. The number of hydrogen-bond donors (Lipinski definition) is 0. The van der Waals surface area contributed by atoms with Gasteiger partial charge in [-0.2, -0.15) is 0 Å². The van der Waals surface area contributed by atoms with Gasteiger partial charge in [0, 0.05) is 4.48 Å². The third-order valence-corrected chi connectivity index (χ3v) is 1.55. The topological polar surface area (TPSA) is 26.3 Å². The highest BCUT2D eigenvalue weighted by atomic mass is 79.9. The van der Waals surface area contributed by atoms with Gasteiger partial charge >= 0.3 is 5.97 Å². The summed E-state index contributed by atoms with van der Waals surface area (Å²) >= 11 is 3.16. The SMILES string of the molecule is C=C(Br)/C=C\C(=C/CC)C(=O)OC.CC. The Kier molecular flexibility index (Phi) is 12.4. The lowest BCUT2D eigenvalue weighted by Crippen LogP contribution is -2.02. The van der Waals surface area contributed by atoms with Crippen LogP contribution in [0.5, 0.6) is 0 Å². The van der Waals surface area contributed by atoms with Crippen molar-refractivity contribution < 1.29 is 9.53 Å². The Balaban J connectivity index is 0. The molecule has 0 aromatic rings. The largest absolute Gasteiger partial charge is 0.465 e. The molecule has 0 heterocycles. The van der Waals surface area contributed by atoms with Gasteiger partial charge in [-0.05, 0) is 18.6 Å². The van der Waals surface area contributed by atoms with Crippen LogP contribution in [0.25, 0.3) is 0 Å². The minimum Gasteiger partial charge on any atom is -0.465 e. The quantitative estimate of drug-likeness (QED) is 0.440. The molecular weight excluding hydrogens is 256 g/mol. The third kappa shape index (κ3) is 9.47. The van der Waals surface area contributed by atoms with Crippen LogP contribution in [-0.4, -0.2) is 13.1 Å². The first-order valence-electron chi connectivity index (χ1n) is 4.92. The van der Waals surface area contributed by atoms with Gasteiger partial charge in [-0.1, -0.05) is 49.4 Å². The molecule has 0 fully saturated rings. The smallest absolute Gasteiger partial charge is 0.337 e. The fraction of sp³-hybridized carbons (Fsp3) is 0.417. The van der Waals surface area contributed by atoms with E-state index in [1.807, 2.05) is 20.8 Å². The van der Waals surface area contributed by atoms with Gasteiger partial charge in [0.05, 0.1) is 12.7 Å². The second kappa shape index (κ2) is 11.2. The lowest BCUT2D eigenvalue weighted by atomic mass is 10.2. The number of halogens is 1. The first-order chi connectivity index (χ1) is 7.11. The van der Waals surface area contributed by atoms with E-state index in [1.165, 1.54) is 7.11 Å². The predicted molar refractivity (Wildman–Crippen MR) is 68.9 cm³/mol. The number of esters is 1. The lowest BCUT2D eigenvalue weighted by Gasteiger charge is -1.98. The van der Waals surface area contributed by atoms with Crippen molar-refractivity contribution in [2.75, 3.05) is 7.11 Å². The van der Waals surface area contributed by atoms with Crippen molar-refractivity contribution in [2.45, 2.75) is 27.2 Å². The molecule has 0 amide bonds. The Morgan fingerprint density at radius 3 is 2.27 bits per heavy atom. The van der Waals surface area contributed by atoms with Crippen LogP contribution in [0.15, 0.2) is 34.9 Å². The van der Waals surface area contributed by atoms with E-state index in [2.05, 4.69) is 27.2 Å². The molecule has 0 aromatic heterocycles. The van der Waals surface area contributed by atoms with Crippen LogP contribution in [0.1, 0.15) is 27.2 Å². The molecule has 3 heteroatoms. The summed E-state index contributed by atoms with van der Waals surface area (Å²) in [5, 5.41) is 0. The average molecular weight is 275 g/mol. The van der Waals surface area contributed by atoms with Gasteiger partial charge in [0.1, 0.15) is 0 Å². The van der Waals surface area contributed by atoms with E-state index in [4.69, 9.17) is 0 Å². The number of carbonyl (C=O) groups is 1. The maximum atomic E-state index is 11.1. The van der Waals surface area contributed by atoms with Crippen molar-refractivity contribution in [3.63, 3.8) is 0 Å². The second-order valence-corrected chi connectivity index (χ2v) is 3.36. The standard InChI is InChI=1S/C10H13BrO2.C2H6/c1-4-5-9(10(12)13-3)7-6-8(2)11;1-2/h5-7H,2,4H2,1,3H3;1-2H3/b7-6-,9-5+;. The van der Waals surface area contributed by atoms with Gasteiger partial charge in [-0.15, -0.1) is 0 Å². The Morgan fingerprint density at radius 1 is 1.40 bits per heavy atom. The summed E-state index contributed by atoms with van der Waals surface area (Å²) in [6.07, 6.45) is 5.98. The van der Waals surface area contributed by atoms with Crippen LogP contribution in [0.2, 0.25) is 0 Å². The van der Waals surface area contributed by atoms with Crippen molar-refractivity contribution in [2.24, 2.45) is 0 Å². The van der Waals surface area contributed by atoms with Crippen molar-refractivity contribution in [1.29, 1.82) is 0 Å². The molecule has 0 aliphatic rings. The zero-order valence-electron chi connectivity index (χ0n) is 9.84. The van der Waals surface area contributed by atoms with E-state index in [0.29, 0.717) is 5.57 Å². The summed E-state index contributed by atoms with van der Waals surface area (Å²) in [7, 11) is 1.36. The highest BCUT2D eigenvalue weighted by Crippen LogP contribution is 2.07. The molecule has 2 nitrogen and oxygen atoms in total. The Hall–Kier alpha value is -0.830. The van der Waals surface area contributed by atoms with E-state index < -0.39 is 0 Å². The molecule has 0 saturated heterocycles. The van der Waals surface area contributed by atoms with Crippen LogP contribution in [0, 0.1) is 0 Å². The predicted octanol–water partition coefficient (Wildman–Crippen LogP) is 3.99. The van der Waals surface area contributed by atoms with Crippen LogP contribution in [-0.2, 0) is 9.53 Å². The summed E-state index contributed by atoms with van der Waals surface area (Å²) in [6, 6.07) is 0. The highest BCUT2D eigenvalue weighted by molar-refractivity contribution is 9.11. The fourth-order valence-corrected chi connectivity index (χ4v) is 0.870. The Morgan fingerprint density at radius 2 is 1.93 bits per heavy atom. The number of rotatable bonds is 4. The van der Waals surface area contributed by atoms with E-state index in [9.17, 15) is 4.79 Å². The molecule has 0 bridgehead atoms. The molecule has 0 spiro atoms. The summed E-state index contributed by atoms with van der Waals surface area (Å²) in [4.78, 5) is 11.1. The summed E-state index contributed by atoms with van der Waals surface area (Å²) in [6.45, 7) is 9.58. The molecule has 0 aliphatic carbocycles. The van der Waals surface area contributed by atoms with Gasteiger partial charge in [-0.3, -0.25) is 0 Å². The summed E-state index contributed by atoms with van der Waals surface area (Å²) < 4.78 is 5.31. The lowest BCUT2D eigenvalue weighted by molar-refractivity contribution is -0.135. The summed E-state index contributed by atoms with van der Waals surface area (Å²) in [5.74, 6) is -0.327. The van der Waals surface area contributed by atoms with Gasteiger partial charge in [-0.25, -0.2) is 4.79 Å². The first-order valence-corrected chi connectivity index (χ1v) is 5.72. The van der Waals surface area contributed by atoms with E-state index in [1.54, 1.807) is 18.2 Å². The minimum absolute atomic E-state index is 0.327. The molecule has 0 rings (SSSR count). The minimum atomic E-state index is -0.327. The molecule has 86 valence electrons. The molecule has 0 radical (unpaired) electrons. The van der Waals surface area contributed by atoms with Gasteiger partial charge in [0.25, 0.3) is 0 Å². The normalized spacial score (nSPS) is 10.6. The summed E-state index contributed by atoms with van der Waals surface area (Å²) in [5.41, 5.74) is 0.547. The van der Waals surface area contributed by atoms with Crippen LogP contribution in [0.4, 0.5) is 0 Å². The van der Waals surface area contributed by atoms with Gasteiger partial charge in [0.15, 0.2) is 0 Å². The van der Waals surface area contributed by atoms with Gasteiger partial charge < -0.3 is 4.74 Å². The Bertz CT molecular complexity index is 252. The molecule has 0 aliphatic heterocycles. The molecular formula is C12H19BrO2. The highest BCUT2D eigenvalue weighted by Gasteiger charge is 2.03. The number of allylic oxidation sites excluding steroid dienone is 3. The molecule has 15 heavy (non-hydrogen) atoms. The maximum Gasteiger partial charge on any atom is 0.337 e. The van der Waals surface area contributed by atoms with Crippen LogP contribution in [0.3, 0.4) is 0 Å². The van der Waals surface area contributed by atoms with Gasteiger partial charge in [0.2, 0.25) is 0 Å². The Labute approximate surface area is 101 Å². The average Bonchev–Trinajstić information content (AvgIpc) is 2.25. The van der Waals surface area contributed by atoms with E-state index in [-0.39, 0.29) is 5.97 Å². The number of ether oxygens (including phenoxy) is 1. The number of hydrogen-bond acceptors (Lipinski definition) is 2. The van der Waals surface area contributed by atoms with E-state index >= 15 is 0 Å².